The molecule has 0 saturated heterocycles. The van der Waals surface area contributed by atoms with Crippen molar-refractivity contribution in [2.45, 2.75) is 71.1 Å². The number of carbonyl (C=O) groups is 1. The van der Waals surface area contributed by atoms with Crippen LogP contribution in [0, 0.1) is 0 Å². The summed E-state index contributed by atoms with van der Waals surface area (Å²) >= 11 is 0. The Bertz CT molecular complexity index is 580. The maximum absolute atomic E-state index is 11.8. The van der Waals surface area contributed by atoms with Gasteiger partial charge < -0.3 is 4.90 Å². The van der Waals surface area contributed by atoms with Gasteiger partial charge in [-0.1, -0.05) is 125 Å². The van der Waals surface area contributed by atoms with Gasteiger partial charge in [0.1, 0.15) is 0 Å². The summed E-state index contributed by atoms with van der Waals surface area (Å²) in [5, 5.41) is 0. The Labute approximate surface area is 179 Å². The van der Waals surface area contributed by atoms with Gasteiger partial charge in [0.05, 0.1) is 0 Å². The van der Waals surface area contributed by atoms with Gasteiger partial charge in [0.25, 0.3) is 0 Å². The number of unbranched alkanes of at least 4 members (excludes halogenated alkanes) is 9. The van der Waals surface area contributed by atoms with E-state index < -0.39 is 0 Å². The molecule has 0 aliphatic rings. The molecule has 2 rings (SSSR count). The maximum Gasteiger partial charge on any atom is 0.193 e. The summed E-state index contributed by atoms with van der Waals surface area (Å²) in [5.41, 5.74) is 1.47. The van der Waals surface area contributed by atoms with Gasteiger partial charge in [-0.15, -0.1) is 0 Å². The first kappa shape index (κ1) is 25.1. The van der Waals surface area contributed by atoms with Crippen LogP contribution in [0.1, 0.15) is 87.1 Å². The normalized spacial score (nSPS) is 10.5. The standard InChI is InChI=1S/C14H31N.C13H10O/c1-4-5-6-7-8-9-10-11-12-13-14-15(2)3;14-13(11-7-3-1-4-8-11)12-9-5-2-6-10-12/h4-14H2,1-3H3;1-10H. The third-order valence-corrected chi connectivity index (χ3v) is 5.03. The van der Waals surface area contributed by atoms with Crippen molar-refractivity contribution in [3.8, 4) is 0 Å². The molecule has 0 N–H and O–H groups in total. The van der Waals surface area contributed by atoms with Crippen molar-refractivity contribution in [3.63, 3.8) is 0 Å². The lowest BCUT2D eigenvalue weighted by Crippen LogP contribution is -2.12. The predicted octanol–water partition coefficient (Wildman–Crippen LogP) is 7.39. The van der Waals surface area contributed by atoms with Gasteiger partial charge in [0.2, 0.25) is 0 Å². The van der Waals surface area contributed by atoms with E-state index in [1.165, 1.54) is 70.8 Å². The Kier molecular flexibility index (Phi) is 14.7. The number of hydrogen-bond donors (Lipinski definition) is 0. The fraction of sp³-hybridized carbons (Fsp3) is 0.519. The molecule has 2 aromatic carbocycles. The molecule has 29 heavy (non-hydrogen) atoms. The molecule has 0 unspecified atom stereocenters. The summed E-state index contributed by atoms with van der Waals surface area (Å²) in [5.74, 6) is 0.0752. The highest BCUT2D eigenvalue weighted by atomic mass is 16.1. The Morgan fingerprint density at radius 3 is 1.38 bits per heavy atom. The van der Waals surface area contributed by atoms with Crippen molar-refractivity contribution in [1.82, 2.24) is 4.90 Å². The first-order valence-corrected chi connectivity index (χ1v) is 11.4. The van der Waals surface area contributed by atoms with Crippen molar-refractivity contribution in [2.75, 3.05) is 20.6 Å². The lowest BCUT2D eigenvalue weighted by Gasteiger charge is -2.08. The quantitative estimate of drug-likeness (QED) is 0.260. The van der Waals surface area contributed by atoms with Gasteiger partial charge in [-0.05, 0) is 27.1 Å². The topological polar surface area (TPSA) is 20.3 Å². The summed E-state index contributed by atoms with van der Waals surface area (Å²) in [4.78, 5) is 14.1. The van der Waals surface area contributed by atoms with E-state index in [9.17, 15) is 4.79 Å². The summed E-state index contributed by atoms with van der Waals surface area (Å²) in [6, 6.07) is 18.6. The number of nitrogens with zero attached hydrogens (tertiary/aromatic N) is 1. The number of carbonyl (C=O) groups excluding carboxylic acids is 1. The van der Waals surface area contributed by atoms with Crippen LogP contribution < -0.4 is 0 Å². The van der Waals surface area contributed by atoms with Crippen molar-refractivity contribution < 1.29 is 4.79 Å². The van der Waals surface area contributed by atoms with Crippen LogP contribution in [0.2, 0.25) is 0 Å². The largest absolute Gasteiger partial charge is 0.309 e. The zero-order valence-corrected chi connectivity index (χ0v) is 18.9. The molecule has 0 aromatic heterocycles. The lowest BCUT2D eigenvalue weighted by molar-refractivity contribution is 0.103. The second-order valence-corrected chi connectivity index (χ2v) is 8.05. The van der Waals surface area contributed by atoms with E-state index in [1.54, 1.807) is 0 Å². The van der Waals surface area contributed by atoms with E-state index in [0.717, 1.165) is 11.1 Å². The van der Waals surface area contributed by atoms with E-state index >= 15 is 0 Å². The van der Waals surface area contributed by atoms with Gasteiger partial charge in [-0.2, -0.15) is 0 Å². The van der Waals surface area contributed by atoms with Crippen LogP contribution in [0.15, 0.2) is 60.7 Å². The Hall–Kier alpha value is -1.93. The number of hydrogen-bond acceptors (Lipinski definition) is 2. The van der Waals surface area contributed by atoms with Crippen LogP contribution >= 0.6 is 0 Å². The third kappa shape index (κ3) is 13.0. The van der Waals surface area contributed by atoms with Crippen LogP contribution in [0.4, 0.5) is 0 Å². The van der Waals surface area contributed by atoms with E-state index in [0.29, 0.717) is 0 Å². The minimum Gasteiger partial charge on any atom is -0.309 e. The molecule has 0 saturated carbocycles. The SMILES string of the molecule is CCCCCCCCCCCCN(C)C.O=C(c1ccccc1)c1ccccc1. The average Bonchev–Trinajstić information content (AvgIpc) is 2.76. The van der Waals surface area contributed by atoms with Crippen molar-refractivity contribution in [1.29, 1.82) is 0 Å². The fourth-order valence-electron chi connectivity index (χ4n) is 3.26. The van der Waals surface area contributed by atoms with Gasteiger partial charge in [0, 0.05) is 11.1 Å². The van der Waals surface area contributed by atoms with E-state index in [1.807, 2.05) is 60.7 Å². The van der Waals surface area contributed by atoms with E-state index in [-0.39, 0.29) is 5.78 Å². The molecule has 0 fully saturated rings. The average molecular weight is 396 g/mol. The summed E-state index contributed by atoms with van der Waals surface area (Å²) in [6.45, 7) is 3.54. The Morgan fingerprint density at radius 2 is 1.00 bits per heavy atom. The predicted molar refractivity (Wildman–Crippen MR) is 127 cm³/mol. The van der Waals surface area contributed by atoms with Crippen LogP contribution in [-0.4, -0.2) is 31.3 Å². The maximum atomic E-state index is 11.8. The Balaban J connectivity index is 0.000000290. The molecule has 0 radical (unpaired) electrons. The molecule has 0 atom stereocenters. The van der Waals surface area contributed by atoms with Crippen LogP contribution in [0.25, 0.3) is 0 Å². The van der Waals surface area contributed by atoms with E-state index in [4.69, 9.17) is 0 Å². The second kappa shape index (κ2) is 17.0. The summed E-state index contributed by atoms with van der Waals surface area (Å²) in [6.07, 6.45) is 14.4. The zero-order chi connectivity index (χ0) is 21.2. The second-order valence-electron chi connectivity index (χ2n) is 8.05. The Morgan fingerprint density at radius 1 is 0.621 bits per heavy atom. The fourth-order valence-corrected chi connectivity index (χ4v) is 3.26. The van der Waals surface area contributed by atoms with Gasteiger partial charge in [0.15, 0.2) is 5.78 Å². The molecule has 0 heterocycles. The molecule has 2 nitrogen and oxygen atoms in total. The highest BCUT2D eigenvalue weighted by Gasteiger charge is 2.06. The van der Waals surface area contributed by atoms with Crippen LogP contribution in [0.3, 0.4) is 0 Å². The van der Waals surface area contributed by atoms with Gasteiger partial charge >= 0.3 is 0 Å². The van der Waals surface area contributed by atoms with Gasteiger partial charge in [-0.25, -0.2) is 0 Å². The van der Waals surface area contributed by atoms with Crippen LogP contribution in [0.5, 0.6) is 0 Å². The van der Waals surface area contributed by atoms with Crippen molar-refractivity contribution in [3.05, 3.63) is 71.8 Å². The molecule has 0 aliphatic heterocycles. The zero-order valence-electron chi connectivity index (χ0n) is 18.9. The minimum absolute atomic E-state index is 0.0752. The smallest absolute Gasteiger partial charge is 0.193 e. The highest BCUT2D eigenvalue weighted by molar-refractivity contribution is 6.08. The number of benzene rings is 2. The van der Waals surface area contributed by atoms with Crippen LogP contribution in [-0.2, 0) is 0 Å². The molecular weight excluding hydrogens is 354 g/mol. The summed E-state index contributed by atoms with van der Waals surface area (Å²) in [7, 11) is 4.32. The van der Waals surface area contributed by atoms with E-state index in [2.05, 4.69) is 25.9 Å². The number of rotatable bonds is 13. The van der Waals surface area contributed by atoms with Gasteiger partial charge in [-0.3, -0.25) is 4.79 Å². The summed E-state index contributed by atoms with van der Waals surface area (Å²) < 4.78 is 0. The monoisotopic (exact) mass is 395 g/mol. The molecule has 0 amide bonds. The molecule has 0 spiro atoms. The number of ketones is 1. The lowest BCUT2D eigenvalue weighted by atomic mass is 10.0. The van der Waals surface area contributed by atoms with Crippen molar-refractivity contribution >= 4 is 5.78 Å². The minimum atomic E-state index is 0.0752. The molecular formula is C27H41NO. The molecule has 160 valence electrons. The highest BCUT2D eigenvalue weighted by Crippen LogP contribution is 2.10. The third-order valence-electron chi connectivity index (χ3n) is 5.03. The molecule has 2 aromatic rings. The first-order valence-electron chi connectivity index (χ1n) is 11.4. The first-order chi connectivity index (χ1) is 14.1. The molecule has 2 heteroatoms. The molecule has 0 aliphatic carbocycles. The molecule has 0 bridgehead atoms. The van der Waals surface area contributed by atoms with Crippen molar-refractivity contribution in [2.24, 2.45) is 0 Å².